The van der Waals surface area contributed by atoms with E-state index in [2.05, 4.69) is 15.0 Å². The summed E-state index contributed by atoms with van der Waals surface area (Å²) < 4.78 is 11.9. The number of imidazole rings is 1. The zero-order chi connectivity index (χ0) is 16.7. The first-order valence-corrected chi connectivity index (χ1v) is 6.76. The number of hydrogen-bond donors (Lipinski definition) is 4. The molecule has 0 bridgehead atoms. The quantitative estimate of drug-likeness (QED) is 0.462. The first kappa shape index (κ1) is 15.4. The highest BCUT2D eigenvalue weighted by molar-refractivity contribution is 5.70. The standard InChI is InChI=1S/C12H15N5O6/c1-4(19)22-8-7(20)5(2-18)23-11(8)17-3-14-6-9(17)15-12(13)16-10(6)21/h3,5,7-8,11,18,20H,2H2,1H3,(H3,13,15,16,21)/t5-,7-,8-,11-/m1/s1. The molecule has 5 N–H and O–H groups in total. The summed E-state index contributed by atoms with van der Waals surface area (Å²) in [5.74, 6) is -0.749. The van der Waals surface area contributed by atoms with Crippen LogP contribution in [-0.2, 0) is 14.3 Å². The molecule has 3 rings (SSSR count). The molecule has 2 aromatic heterocycles. The predicted octanol–water partition coefficient (Wildman–Crippen LogP) is -2.12. The topological polar surface area (TPSA) is 166 Å². The number of carbonyl (C=O) groups is 1. The minimum atomic E-state index is -1.24. The maximum atomic E-state index is 11.8. The lowest BCUT2D eigenvalue weighted by molar-refractivity contribution is -0.155. The number of anilines is 1. The molecule has 124 valence electrons. The molecule has 0 radical (unpaired) electrons. The van der Waals surface area contributed by atoms with E-state index in [9.17, 15) is 19.8 Å². The second-order valence-electron chi connectivity index (χ2n) is 5.09. The van der Waals surface area contributed by atoms with Crippen molar-refractivity contribution in [1.82, 2.24) is 19.5 Å². The fourth-order valence-electron chi connectivity index (χ4n) is 2.54. The first-order valence-electron chi connectivity index (χ1n) is 6.76. The molecule has 0 saturated carbocycles. The van der Waals surface area contributed by atoms with E-state index < -0.39 is 42.7 Å². The Balaban J connectivity index is 2.08. The number of aliphatic hydroxyl groups excluding tert-OH is 2. The third kappa shape index (κ3) is 2.54. The van der Waals surface area contributed by atoms with Crippen LogP contribution in [0, 0.1) is 0 Å². The van der Waals surface area contributed by atoms with Crippen LogP contribution in [0.2, 0.25) is 0 Å². The maximum Gasteiger partial charge on any atom is 0.303 e. The molecule has 23 heavy (non-hydrogen) atoms. The highest BCUT2D eigenvalue weighted by Crippen LogP contribution is 2.33. The molecule has 0 spiro atoms. The molecule has 11 heteroatoms. The predicted molar refractivity (Wildman–Crippen MR) is 75.1 cm³/mol. The van der Waals surface area contributed by atoms with E-state index in [1.54, 1.807) is 0 Å². The van der Waals surface area contributed by atoms with Crippen LogP contribution in [0.25, 0.3) is 11.2 Å². The number of nitrogen functional groups attached to an aromatic ring is 1. The molecule has 0 amide bonds. The number of nitrogens with two attached hydrogens (primary N) is 1. The Hall–Kier alpha value is -2.50. The molecule has 1 aliphatic rings. The van der Waals surface area contributed by atoms with Crippen molar-refractivity contribution in [3.8, 4) is 0 Å². The average Bonchev–Trinajstić information content (AvgIpc) is 3.01. The monoisotopic (exact) mass is 325 g/mol. The summed E-state index contributed by atoms with van der Waals surface area (Å²) in [5, 5.41) is 19.4. The number of aliphatic hydroxyl groups is 2. The fraction of sp³-hybridized carbons (Fsp3) is 0.500. The Morgan fingerprint density at radius 3 is 3.00 bits per heavy atom. The number of nitrogens with zero attached hydrogens (tertiary/aromatic N) is 3. The van der Waals surface area contributed by atoms with Crippen molar-refractivity contribution >= 4 is 23.1 Å². The van der Waals surface area contributed by atoms with Crippen molar-refractivity contribution in [2.75, 3.05) is 12.3 Å². The molecule has 1 aliphatic heterocycles. The van der Waals surface area contributed by atoms with E-state index >= 15 is 0 Å². The lowest BCUT2D eigenvalue weighted by atomic mass is 10.1. The van der Waals surface area contributed by atoms with Gasteiger partial charge >= 0.3 is 5.97 Å². The van der Waals surface area contributed by atoms with Crippen molar-refractivity contribution in [1.29, 1.82) is 0 Å². The van der Waals surface area contributed by atoms with E-state index in [0.717, 1.165) is 0 Å². The molecule has 11 nitrogen and oxygen atoms in total. The third-order valence-electron chi connectivity index (χ3n) is 3.52. The van der Waals surface area contributed by atoms with Crippen molar-refractivity contribution in [2.24, 2.45) is 0 Å². The van der Waals surface area contributed by atoms with Crippen molar-refractivity contribution in [2.45, 2.75) is 31.5 Å². The Bertz CT molecular complexity index is 801. The van der Waals surface area contributed by atoms with Gasteiger partial charge in [0, 0.05) is 6.92 Å². The van der Waals surface area contributed by atoms with Crippen LogP contribution in [0.15, 0.2) is 11.1 Å². The number of hydrogen-bond acceptors (Lipinski definition) is 9. The largest absolute Gasteiger partial charge is 0.455 e. The van der Waals surface area contributed by atoms with Gasteiger partial charge in [-0.1, -0.05) is 0 Å². The van der Waals surface area contributed by atoms with Crippen LogP contribution in [0.5, 0.6) is 0 Å². The summed E-state index contributed by atoms with van der Waals surface area (Å²) in [4.78, 5) is 33.3. The second kappa shape index (κ2) is 5.61. The second-order valence-corrected chi connectivity index (χ2v) is 5.09. The van der Waals surface area contributed by atoms with Gasteiger partial charge in [-0.2, -0.15) is 4.98 Å². The van der Waals surface area contributed by atoms with E-state index in [1.165, 1.54) is 17.8 Å². The van der Waals surface area contributed by atoms with Crippen LogP contribution in [0.4, 0.5) is 5.95 Å². The van der Waals surface area contributed by atoms with E-state index in [4.69, 9.17) is 15.2 Å². The Morgan fingerprint density at radius 2 is 2.35 bits per heavy atom. The molecule has 4 atom stereocenters. The average molecular weight is 325 g/mol. The molecule has 0 aliphatic carbocycles. The zero-order valence-corrected chi connectivity index (χ0v) is 12.0. The number of ether oxygens (including phenoxy) is 2. The van der Waals surface area contributed by atoms with Gasteiger partial charge in [0.15, 0.2) is 23.5 Å². The summed E-state index contributed by atoms with van der Waals surface area (Å²) in [5.41, 5.74) is 5.12. The number of esters is 1. The lowest BCUT2D eigenvalue weighted by Crippen LogP contribution is -2.36. The number of aromatic nitrogens is 4. The number of carbonyl (C=O) groups excluding carboxylic acids is 1. The molecule has 0 aromatic carbocycles. The number of aromatic amines is 1. The summed E-state index contributed by atoms with van der Waals surface area (Å²) in [6.45, 7) is 0.710. The van der Waals surface area contributed by atoms with Gasteiger partial charge in [-0.15, -0.1) is 0 Å². The highest BCUT2D eigenvalue weighted by Gasteiger charge is 2.47. The molecule has 2 aromatic rings. The van der Waals surface area contributed by atoms with Crippen LogP contribution in [0.1, 0.15) is 13.2 Å². The van der Waals surface area contributed by atoms with Crippen molar-refractivity contribution < 1.29 is 24.5 Å². The highest BCUT2D eigenvalue weighted by atomic mass is 16.6. The van der Waals surface area contributed by atoms with E-state index in [0.29, 0.717) is 0 Å². The van der Waals surface area contributed by atoms with Crippen molar-refractivity contribution in [3.05, 3.63) is 16.7 Å². The summed E-state index contributed by atoms with van der Waals surface area (Å²) in [6.07, 6.45) is -3.04. The Kier molecular flexibility index (Phi) is 3.75. The smallest absolute Gasteiger partial charge is 0.303 e. The van der Waals surface area contributed by atoms with E-state index in [-0.39, 0.29) is 17.1 Å². The first-order chi connectivity index (χ1) is 10.9. The van der Waals surface area contributed by atoms with Gasteiger partial charge in [0.1, 0.15) is 12.2 Å². The summed E-state index contributed by atoms with van der Waals surface area (Å²) in [6, 6.07) is 0. The van der Waals surface area contributed by atoms with Gasteiger partial charge in [0.05, 0.1) is 12.9 Å². The minimum Gasteiger partial charge on any atom is -0.455 e. The summed E-state index contributed by atoms with van der Waals surface area (Å²) >= 11 is 0. The Morgan fingerprint density at radius 1 is 1.61 bits per heavy atom. The van der Waals surface area contributed by atoms with E-state index in [1.807, 2.05) is 0 Å². The molecule has 1 saturated heterocycles. The molecular weight excluding hydrogens is 310 g/mol. The molecular formula is C12H15N5O6. The minimum absolute atomic E-state index is 0.0197. The van der Waals surface area contributed by atoms with Crippen LogP contribution >= 0.6 is 0 Å². The number of nitrogens with one attached hydrogen (secondary N) is 1. The van der Waals surface area contributed by atoms with Gasteiger partial charge in [0.2, 0.25) is 5.95 Å². The van der Waals surface area contributed by atoms with Crippen molar-refractivity contribution in [3.63, 3.8) is 0 Å². The number of fused-ring (bicyclic) bond motifs is 1. The molecule has 3 heterocycles. The number of rotatable bonds is 3. The normalized spacial score (nSPS) is 27.4. The summed E-state index contributed by atoms with van der Waals surface area (Å²) in [7, 11) is 0. The van der Waals surface area contributed by atoms with Gasteiger partial charge in [-0.25, -0.2) is 4.98 Å². The SMILES string of the molecule is CC(=O)O[C@@H]1[C@H](O)[C@@H](CO)O[C@H]1n1cnc2c(=O)[nH]c(N)nc21. The number of H-pyrrole nitrogens is 1. The lowest BCUT2D eigenvalue weighted by Gasteiger charge is -2.21. The third-order valence-corrected chi connectivity index (χ3v) is 3.52. The Labute approximate surface area is 128 Å². The molecule has 1 fully saturated rings. The van der Waals surface area contributed by atoms with Gasteiger partial charge in [-0.3, -0.25) is 19.1 Å². The maximum absolute atomic E-state index is 11.8. The van der Waals surface area contributed by atoms with Gasteiger partial charge in [-0.05, 0) is 0 Å². The zero-order valence-electron chi connectivity index (χ0n) is 12.0. The fourth-order valence-corrected chi connectivity index (χ4v) is 2.54. The van der Waals surface area contributed by atoms with Crippen LogP contribution in [0.3, 0.4) is 0 Å². The van der Waals surface area contributed by atoms with Gasteiger partial charge in [0.25, 0.3) is 5.56 Å². The molecule has 0 unspecified atom stereocenters. The van der Waals surface area contributed by atoms with Crippen LogP contribution < -0.4 is 11.3 Å². The van der Waals surface area contributed by atoms with Crippen LogP contribution in [-0.4, -0.2) is 60.6 Å². The van der Waals surface area contributed by atoms with Gasteiger partial charge < -0.3 is 25.4 Å².